The van der Waals surface area contributed by atoms with Crippen LogP contribution in [0.3, 0.4) is 0 Å². The third-order valence-corrected chi connectivity index (χ3v) is 3.79. The number of hydrogen-bond acceptors (Lipinski definition) is 3. The van der Waals surface area contributed by atoms with Gasteiger partial charge >= 0.3 is 0 Å². The van der Waals surface area contributed by atoms with Crippen LogP contribution in [-0.2, 0) is 6.42 Å². The van der Waals surface area contributed by atoms with Crippen LogP contribution in [0.1, 0.15) is 21.6 Å². The maximum absolute atomic E-state index is 6.08. The zero-order valence-electron chi connectivity index (χ0n) is 10.7. The molecule has 0 saturated carbocycles. The van der Waals surface area contributed by atoms with Crippen molar-refractivity contribution in [3.8, 4) is 5.88 Å². The Morgan fingerprint density at radius 1 is 1.26 bits per heavy atom. The first-order valence-electron chi connectivity index (χ1n) is 5.84. The highest BCUT2D eigenvalue weighted by molar-refractivity contribution is 9.09. The van der Waals surface area contributed by atoms with Gasteiger partial charge in [-0.3, -0.25) is 0 Å². The fourth-order valence-electron chi connectivity index (χ4n) is 1.85. The molecule has 0 N–H and O–H groups in total. The van der Waals surface area contributed by atoms with Crippen molar-refractivity contribution in [1.29, 1.82) is 0 Å². The first-order valence-corrected chi connectivity index (χ1v) is 7.14. The molecular formula is C14H14BrClN2O. The van der Waals surface area contributed by atoms with E-state index in [1.54, 1.807) is 7.11 Å². The maximum atomic E-state index is 6.08. The summed E-state index contributed by atoms with van der Waals surface area (Å²) >= 11 is 9.76. The lowest BCUT2D eigenvalue weighted by atomic mass is 10.1. The van der Waals surface area contributed by atoms with E-state index in [4.69, 9.17) is 16.3 Å². The number of aryl methyl sites for hydroxylation is 1. The van der Waals surface area contributed by atoms with Gasteiger partial charge in [0.15, 0.2) is 0 Å². The lowest BCUT2D eigenvalue weighted by Gasteiger charge is -2.11. The Bertz CT molecular complexity index is 557. The van der Waals surface area contributed by atoms with Crippen LogP contribution >= 0.6 is 27.5 Å². The highest BCUT2D eigenvalue weighted by atomic mass is 79.9. The quantitative estimate of drug-likeness (QED) is 0.784. The van der Waals surface area contributed by atoms with Gasteiger partial charge in [0.2, 0.25) is 5.88 Å². The van der Waals surface area contributed by atoms with Gasteiger partial charge in [-0.05, 0) is 30.2 Å². The summed E-state index contributed by atoms with van der Waals surface area (Å²) in [7, 11) is 1.60. The van der Waals surface area contributed by atoms with Crippen molar-refractivity contribution in [2.75, 3.05) is 7.11 Å². The van der Waals surface area contributed by atoms with Crippen LogP contribution in [0.2, 0.25) is 5.02 Å². The average molecular weight is 342 g/mol. The van der Waals surface area contributed by atoms with Gasteiger partial charge in [-0.25, -0.2) is 9.97 Å². The van der Waals surface area contributed by atoms with Crippen molar-refractivity contribution in [2.45, 2.75) is 18.2 Å². The standard InChI is InChI=1S/C14H14BrClN2O/c1-9-3-10(5-11(16)4-9)13(15)6-12-7-14(19-2)18-8-17-12/h3-5,7-8,13H,6H2,1-2H3. The van der Waals surface area contributed by atoms with Crippen molar-refractivity contribution in [3.05, 3.63) is 52.4 Å². The van der Waals surface area contributed by atoms with Crippen LogP contribution in [0.15, 0.2) is 30.6 Å². The number of aromatic nitrogens is 2. The van der Waals surface area contributed by atoms with Crippen molar-refractivity contribution in [3.63, 3.8) is 0 Å². The summed E-state index contributed by atoms with van der Waals surface area (Å²) < 4.78 is 5.09. The highest BCUT2D eigenvalue weighted by Gasteiger charge is 2.11. The van der Waals surface area contributed by atoms with E-state index < -0.39 is 0 Å². The molecule has 1 unspecified atom stereocenters. The van der Waals surface area contributed by atoms with Crippen LogP contribution in [-0.4, -0.2) is 17.1 Å². The number of alkyl halides is 1. The molecule has 5 heteroatoms. The second-order valence-electron chi connectivity index (χ2n) is 4.29. The van der Waals surface area contributed by atoms with Crippen molar-refractivity contribution < 1.29 is 4.74 Å². The van der Waals surface area contributed by atoms with Gasteiger partial charge in [0.25, 0.3) is 0 Å². The van der Waals surface area contributed by atoms with E-state index in [1.165, 1.54) is 6.33 Å². The first kappa shape index (κ1) is 14.3. The van der Waals surface area contributed by atoms with E-state index in [0.717, 1.165) is 28.3 Å². The Morgan fingerprint density at radius 2 is 2.05 bits per heavy atom. The van der Waals surface area contributed by atoms with Gasteiger partial charge in [0.1, 0.15) is 6.33 Å². The third-order valence-electron chi connectivity index (χ3n) is 2.72. The molecular weight excluding hydrogens is 328 g/mol. The van der Waals surface area contributed by atoms with Gasteiger partial charge in [-0.1, -0.05) is 33.6 Å². The van der Waals surface area contributed by atoms with Crippen LogP contribution in [0, 0.1) is 6.92 Å². The molecule has 0 radical (unpaired) electrons. The summed E-state index contributed by atoms with van der Waals surface area (Å²) in [6, 6.07) is 7.86. The number of halogens is 2. The second-order valence-corrected chi connectivity index (χ2v) is 5.83. The van der Waals surface area contributed by atoms with Crippen molar-refractivity contribution in [1.82, 2.24) is 9.97 Å². The Balaban J connectivity index is 2.17. The van der Waals surface area contributed by atoms with Gasteiger partial charge in [0.05, 0.1) is 7.11 Å². The summed E-state index contributed by atoms with van der Waals surface area (Å²) in [5.41, 5.74) is 3.21. The topological polar surface area (TPSA) is 35.0 Å². The third kappa shape index (κ3) is 3.91. The summed E-state index contributed by atoms with van der Waals surface area (Å²) in [5, 5.41) is 0.750. The minimum Gasteiger partial charge on any atom is -0.481 e. The van der Waals surface area contributed by atoms with Crippen molar-refractivity contribution >= 4 is 27.5 Å². The van der Waals surface area contributed by atoms with Crippen LogP contribution in [0.25, 0.3) is 0 Å². The summed E-state index contributed by atoms with van der Waals surface area (Å²) in [5.74, 6) is 0.576. The van der Waals surface area contributed by atoms with Crippen molar-refractivity contribution in [2.24, 2.45) is 0 Å². The number of benzene rings is 1. The van der Waals surface area contributed by atoms with E-state index in [0.29, 0.717) is 5.88 Å². The molecule has 0 fully saturated rings. The number of nitrogens with zero attached hydrogens (tertiary/aromatic N) is 2. The van der Waals surface area contributed by atoms with E-state index in [2.05, 4.69) is 32.0 Å². The minimum atomic E-state index is 0.157. The Hall–Kier alpha value is -1.13. The van der Waals surface area contributed by atoms with Crippen LogP contribution in [0.5, 0.6) is 5.88 Å². The molecule has 0 spiro atoms. The molecule has 1 aromatic carbocycles. The molecule has 100 valence electrons. The largest absolute Gasteiger partial charge is 0.481 e. The SMILES string of the molecule is COc1cc(CC(Br)c2cc(C)cc(Cl)c2)ncn1. The maximum Gasteiger partial charge on any atom is 0.216 e. The molecule has 0 saturated heterocycles. The number of ether oxygens (including phenoxy) is 1. The van der Waals surface area contributed by atoms with E-state index in [-0.39, 0.29) is 4.83 Å². The Morgan fingerprint density at radius 3 is 2.74 bits per heavy atom. The van der Waals surface area contributed by atoms with Gasteiger partial charge < -0.3 is 4.74 Å². The molecule has 0 aliphatic carbocycles. The lowest BCUT2D eigenvalue weighted by Crippen LogP contribution is -2.00. The predicted molar refractivity (Wildman–Crippen MR) is 80.1 cm³/mol. The van der Waals surface area contributed by atoms with E-state index in [9.17, 15) is 0 Å². The number of methoxy groups -OCH3 is 1. The van der Waals surface area contributed by atoms with Gasteiger partial charge in [-0.2, -0.15) is 0 Å². The predicted octanol–water partition coefficient (Wildman–Crippen LogP) is 4.13. The summed E-state index contributed by atoms with van der Waals surface area (Å²) in [4.78, 5) is 8.40. The first-order chi connectivity index (χ1) is 9.08. The smallest absolute Gasteiger partial charge is 0.216 e. The molecule has 1 aromatic heterocycles. The summed E-state index contributed by atoms with van der Waals surface area (Å²) in [6.45, 7) is 2.03. The minimum absolute atomic E-state index is 0.157. The highest BCUT2D eigenvalue weighted by Crippen LogP contribution is 2.29. The van der Waals surface area contributed by atoms with Crippen LogP contribution in [0.4, 0.5) is 0 Å². The monoisotopic (exact) mass is 340 g/mol. The molecule has 1 atom stereocenters. The zero-order chi connectivity index (χ0) is 13.8. The molecule has 0 aliphatic heterocycles. The fourth-order valence-corrected chi connectivity index (χ4v) is 2.74. The molecule has 1 heterocycles. The summed E-state index contributed by atoms with van der Waals surface area (Å²) in [6.07, 6.45) is 2.26. The number of rotatable bonds is 4. The molecule has 2 rings (SSSR count). The fraction of sp³-hybridized carbons (Fsp3) is 0.286. The average Bonchev–Trinajstić information content (AvgIpc) is 2.37. The molecule has 19 heavy (non-hydrogen) atoms. The molecule has 0 bridgehead atoms. The zero-order valence-corrected chi connectivity index (χ0v) is 13.1. The van der Waals surface area contributed by atoms with Gasteiger partial charge in [0, 0.05) is 28.0 Å². The second kappa shape index (κ2) is 6.35. The molecule has 0 amide bonds. The Kier molecular flexibility index (Phi) is 4.77. The number of hydrogen-bond donors (Lipinski definition) is 0. The molecule has 0 aliphatic rings. The van der Waals surface area contributed by atoms with E-state index in [1.807, 2.05) is 25.1 Å². The lowest BCUT2D eigenvalue weighted by molar-refractivity contribution is 0.396. The van der Waals surface area contributed by atoms with Gasteiger partial charge in [-0.15, -0.1) is 0 Å². The van der Waals surface area contributed by atoms with E-state index >= 15 is 0 Å². The molecule has 3 nitrogen and oxygen atoms in total. The molecule has 2 aromatic rings. The normalized spacial score (nSPS) is 12.2. The Labute approximate surface area is 126 Å². The van der Waals surface area contributed by atoms with Crippen LogP contribution < -0.4 is 4.74 Å².